The molecular weight excluding hydrogens is 409 g/mol. The van der Waals surface area contributed by atoms with Crippen molar-refractivity contribution in [3.63, 3.8) is 0 Å². The van der Waals surface area contributed by atoms with E-state index in [1.807, 2.05) is 37.3 Å². The van der Waals surface area contributed by atoms with Gasteiger partial charge in [-0.05, 0) is 48.4 Å². The Morgan fingerprint density at radius 2 is 2.03 bits per heavy atom. The lowest BCUT2D eigenvalue weighted by molar-refractivity contribution is -0.122. The SMILES string of the molecule is COc1cccc2c1OC(C)C(C=C1SC(=S)N(Cc3ccc(F)cc3)C1=O)=C2. The van der Waals surface area contributed by atoms with Crippen LogP contribution in [0, 0.1) is 5.82 Å². The molecule has 0 bridgehead atoms. The van der Waals surface area contributed by atoms with Gasteiger partial charge in [-0.25, -0.2) is 4.39 Å². The molecule has 4 nitrogen and oxygen atoms in total. The number of hydrogen-bond donors (Lipinski definition) is 0. The average Bonchev–Trinajstić information content (AvgIpc) is 2.97. The van der Waals surface area contributed by atoms with Gasteiger partial charge >= 0.3 is 0 Å². The number of methoxy groups -OCH3 is 1. The van der Waals surface area contributed by atoms with Gasteiger partial charge in [-0.2, -0.15) is 0 Å². The second kappa shape index (κ2) is 8.00. The number of halogens is 1. The first-order valence-corrected chi connectivity index (χ1v) is 10.2. The fourth-order valence-corrected chi connectivity index (χ4v) is 4.45. The topological polar surface area (TPSA) is 38.8 Å². The number of thiocarbonyl (C=S) groups is 1. The van der Waals surface area contributed by atoms with Crippen LogP contribution in [0.2, 0.25) is 0 Å². The first kappa shape index (κ1) is 19.7. The molecule has 7 heteroatoms. The van der Waals surface area contributed by atoms with Gasteiger partial charge in [0.2, 0.25) is 0 Å². The van der Waals surface area contributed by atoms with Crippen LogP contribution in [0.25, 0.3) is 6.08 Å². The molecule has 1 amide bonds. The first-order valence-electron chi connectivity index (χ1n) is 9.01. The van der Waals surface area contributed by atoms with E-state index in [9.17, 15) is 9.18 Å². The summed E-state index contributed by atoms with van der Waals surface area (Å²) >= 11 is 6.66. The Kier molecular flexibility index (Phi) is 5.43. The zero-order chi connectivity index (χ0) is 20.5. The molecule has 1 saturated heterocycles. The van der Waals surface area contributed by atoms with E-state index < -0.39 is 0 Å². The minimum Gasteiger partial charge on any atom is -0.493 e. The number of ether oxygens (including phenoxy) is 2. The van der Waals surface area contributed by atoms with E-state index in [1.165, 1.54) is 28.8 Å². The zero-order valence-electron chi connectivity index (χ0n) is 15.8. The highest BCUT2D eigenvalue weighted by atomic mass is 32.2. The number of para-hydroxylation sites is 1. The van der Waals surface area contributed by atoms with Crippen molar-refractivity contribution in [2.75, 3.05) is 7.11 Å². The number of nitrogens with zero attached hydrogens (tertiary/aromatic N) is 1. The van der Waals surface area contributed by atoms with Gasteiger partial charge in [0.05, 0.1) is 18.6 Å². The summed E-state index contributed by atoms with van der Waals surface area (Å²) in [7, 11) is 1.61. The molecule has 1 fully saturated rings. The van der Waals surface area contributed by atoms with Crippen LogP contribution in [-0.4, -0.2) is 28.3 Å². The van der Waals surface area contributed by atoms with Gasteiger partial charge in [0.15, 0.2) is 11.5 Å². The van der Waals surface area contributed by atoms with E-state index in [0.717, 1.165) is 16.7 Å². The zero-order valence-corrected chi connectivity index (χ0v) is 17.5. The standard InChI is InChI=1S/C22H18FNO3S2/c1-13-16(10-15-4-3-5-18(26-2)20(15)27-13)11-19-21(25)24(22(28)29-19)12-14-6-8-17(23)9-7-14/h3-11,13H,12H2,1-2H3. The number of carbonyl (C=O) groups excluding carboxylic acids is 1. The van der Waals surface area contributed by atoms with Crippen LogP contribution in [0.15, 0.2) is 59.0 Å². The summed E-state index contributed by atoms with van der Waals surface area (Å²) < 4.78 is 25.0. The third kappa shape index (κ3) is 3.93. The molecule has 29 heavy (non-hydrogen) atoms. The highest BCUT2D eigenvalue weighted by Crippen LogP contribution is 2.40. The molecule has 1 unspecified atom stereocenters. The van der Waals surface area contributed by atoms with Crippen LogP contribution in [0.4, 0.5) is 4.39 Å². The first-order chi connectivity index (χ1) is 14.0. The predicted octanol–water partition coefficient (Wildman–Crippen LogP) is 4.94. The van der Waals surface area contributed by atoms with Crippen molar-refractivity contribution in [2.24, 2.45) is 0 Å². The molecule has 2 heterocycles. The second-order valence-corrected chi connectivity index (χ2v) is 8.35. The Labute approximate surface area is 178 Å². The van der Waals surface area contributed by atoms with Gasteiger partial charge in [0, 0.05) is 5.56 Å². The van der Waals surface area contributed by atoms with E-state index in [2.05, 4.69) is 0 Å². The lowest BCUT2D eigenvalue weighted by Crippen LogP contribution is -2.27. The maximum Gasteiger partial charge on any atom is 0.266 e. The monoisotopic (exact) mass is 427 g/mol. The summed E-state index contributed by atoms with van der Waals surface area (Å²) in [6, 6.07) is 11.7. The molecule has 1 atom stereocenters. The second-order valence-electron chi connectivity index (χ2n) is 6.68. The Morgan fingerprint density at radius 3 is 2.76 bits per heavy atom. The van der Waals surface area contributed by atoms with Gasteiger partial charge < -0.3 is 9.47 Å². The number of thioether (sulfide) groups is 1. The molecule has 0 aromatic heterocycles. The minimum atomic E-state index is -0.311. The number of amides is 1. The van der Waals surface area contributed by atoms with Crippen molar-refractivity contribution in [3.05, 3.63) is 76.0 Å². The van der Waals surface area contributed by atoms with Crippen LogP contribution >= 0.6 is 24.0 Å². The molecule has 2 aromatic carbocycles. The van der Waals surface area contributed by atoms with Crippen molar-refractivity contribution >= 4 is 40.3 Å². The third-order valence-electron chi connectivity index (χ3n) is 4.74. The van der Waals surface area contributed by atoms with Gasteiger partial charge in [-0.3, -0.25) is 9.69 Å². The van der Waals surface area contributed by atoms with Crippen molar-refractivity contribution in [2.45, 2.75) is 19.6 Å². The van der Waals surface area contributed by atoms with Crippen molar-refractivity contribution in [1.29, 1.82) is 0 Å². The Morgan fingerprint density at radius 1 is 1.28 bits per heavy atom. The molecule has 4 rings (SSSR count). The molecule has 0 aliphatic carbocycles. The Balaban J connectivity index is 1.59. The number of carbonyl (C=O) groups is 1. The van der Waals surface area contributed by atoms with E-state index in [4.69, 9.17) is 21.7 Å². The lowest BCUT2D eigenvalue weighted by atomic mass is 10.0. The highest BCUT2D eigenvalue weighted by Gasteiger charge is 2.33. The number of fused-ring (bicyclic) bond motifs is 1. The number of rotatable bonds is 4. The van der Waals surface area contributed by atoms with Gasteiger partial charge in [0.1, 0.15) is 16.2 Å². The quantitative estimate of drug-likeness (QED) is 0.510. The number of hydrogen-bond acceptors (Lipinski definition) is 5. The Bertz CT molecular complexity index is 1050. The maximum atomic E-state index is 13.1. The number of benzene rings is 2. The molecule has 2 aromatic rings. The summed E-state index contributed by atoms with van der Waals surface area (Å²) in [4.78, 5) is 15.0. The fourth-order valence-electron chi connectivity index (χ4n) is 3.19. The van der Waals surface area contributed by atoms with Crippen molar-refractivity contribution in [1.82, 2.24) is 4.90 Å². The summed E-state index contributed by atoms with van der Waals surface area (Å²) in [5.41, 5.74) is 2.60. The van der Waals surface area contributed by atoms with Gasteiger partial charge in [-0.15, -0.1) is 0 Å². The lowest BCUT2D eigenvalue weighted by Gasteiger charge is -2.24. The summed E-state index contributed by atoms with van der Waals surface area (Å²) in [6.07, 6.45) is 3.59. The van der Waals surface area contributed by atoms with Crippen LogP contribution < -0.4 is 9.47 Å². The van der Waals surface area contributed by atoms with Crippen LogP contribution in [0.3, 0.4) is 0 Å². The van der Waals surface area contributed by atoms with Crippen molar-refractivity contribution in [3.8, 4) is 11.5 Å². The van der Waals surface area contributed by atoms with Crippen LogP contribution in [0.1, 0.15) is 18.1 Å². The largest absolute Gasteiger partial charge is 0.493 e. The molecule has 0 saturated carbocycles. The van der Waals surface area contributed by atoms with E-state index in [-0.39, 0.29) is 17.8 Å². The smallest absolute Gasteiger partial charge is 0.266 e. The van der Waals surface area contributed by atoms with E-state index >= 15 is 0 Å². The molecule has 2 aliphatic heterocycles. The molecule has 148 valence electrons. The predicted molar refractivity (Wildman–Crippen MR) is 116 cm³/mol. The van der Waals surface area contributed by atoms with Crippen molar-refractivity contribution < 1.29 is 18.7 Å². The molecule has 0 N–H and O–H groups in total. The van der Waals surface area contributed by atoms with Crippen LogP contribution in [-0.2, 0) is 11.3 Å². The average molecular weight is 428 g/mol. The molecule has 2 aliphatic rings. The fraction of sp³-hybridized carbons (Fsp3) is 0.182. The minimum absolute atomic E-state index is 0.158. The molecular formula is C22H18FNO3S2. The van der Waals surface area contributed by atoms with E-state index in [1.54, 1.807) is 19.2 Å². The normalized spacial score (nSPS) is 19.8. The van der Waals surface area contributed by atoms with Crippen LogP contribution in [0.5, 0.6) is 11.5 Å². The highest BCUT2D eigenvalue weighted by molar-refractivity contribution is 8.26. The molecule has 0 radical (unpaired) electrons. The third-order valence-corrected chi connectivity index (χ3v) is 6.12. The summed E-state index contributed by atoms with van der Waals surface area (Å²) in [5.74, 6) is 0.904. The Hall–Kier alpha value is -2.64. The van der Waals surface area contributed by atoms with E-state index in [0.29, 0.717) is 27.3 Å². The summed E-state index contributed by atoms with van der Waals surface area (Å²) in [6.45, 7) is 2.24. The summed E-state index contributed by atoms with van der Waals surface area (Å²) in [5, 5.41) is 0. The van der Waals surface area contributed by atoms with Gasteiger partial charge in [-0.1, -0.05) is 48.2 Å². The molecule has 0 spiro atoms. The van der Waals surface area contributed by atoms with Gasteiger partial charge in [0.25, 0.3) is 5.91 Å². The maximum absolute atomic E-state index is 13.1.